The van der Waals surface area contributed by atoms with Crippen LogP contribution in [0.5, 0.6) is 0 Å². The van der Waals surface area contributed by atoms with Gasteiger partial charge in [-0.1, -0.05) is 0 Å². The monoisotopic (exact) mass is 404 g/mol. The molecule has 2 aromatic heterocycles. The molecular weight excluding hydrogens is 379 g/mol. The summed E-state index contributed by atoms with van der Waals surface area (Å²) in [6, 6.07) is 4.58. The topological polar surface area (TPSA) is 64.3 Å². The SMILES string of the molecule is COCc1nc(C2CC(N)C2)cc(N(C)Cc2sccc2C)n1.Cl.Cl. The average Bonchev–Trinajstić information content (AvgIpc) is 2.89. The summed E-state index contributed by atoms with van der Waals surface area (Å²) in [5.74, 6) is 2.16. The lowest BCUT2D eigenvalue weighted by Gasteiger charge is -2.32. The second-order valence-electron chi connectivity index (χ2n) is 6.31. The molecule has 0 unspecified atom stereocenters. The van der Waals surface area contributed by atoms with Crippen molar-refractivity contribution in [2.75, 3.05) is 19.1 Å². The summed E-state index contributed by atoms with van der Waals surface area (Å²) in [5.41, 5.74) is 8.36. The van der Waals surface area contributed by atoms with E-state index in [4.69, 9.17) is 10.5 Å². The maximum Gasteiger partial charge on any atom is 0.156 e. The number of methoxy groups -OCH3 is 1. The van der Waals surface area contributed by atoms with Crippen molar-refractivity contribution in [3.63, 3.8) is 0 Å². The number of nitrogens with zero attached hydrogens (tertiary/aromatic N) is 3. The van der Waals surface area contributed by atoms with Crippen molar-refractivity contribution in [3.8, 4) is 0 Å². The average molecular weight is 405 g/mol. The number of anilines is 1. The molecule has 0 amide bonds. The summed E-state index contributed by atoms with van der Waals surface area (Å²) in [5, 5.41) is 2.13. The molecule has 2 aromatic rings. The molecule has 0 atom stereocenters. The Labute approximate surface area is 165 Å². The fraction of sp³-hybridized carbons (Fsp3) is 0.529. The molecule has 2 N–H and O–H groups in total. The quantitative estimate of drug-likeness (QED) is 0.795. The van der Waals surface area contributed by atoms with Crippen LogP contribution in [0.1, 0.15) is 40.7 Å². The van der Waals surface area contributed by atoms with E-state index in [1.165, 1.54) is 10.4 Å². The van der Waals surface area contributed by atoms with Crippen molar-refractivity contribution in [3.05, 3.63) is 39.5 Å². The molecular formula is C17H26Cl2N4OS. The number of ether oxygens (including phenoxy) is 1. The van der Waals surface area contributed by atoms with Crippen LogP contribution in [-0.2, 0) is 17.9 Å². The highest BCUT2D eigenvalue weighted by molar-refractivity contribution is 7.10. The Balaban J connectivity index is 0.00000156. The minimum absolute atomic E-state index is 0. The molecule has 2 heterocycles. The van der Waals surface area contributed by atoms with E-state index in [1.54, 1.807) is 18.4 Å². The maximum absolute atomic E-state index is 5.93. The Bertz CT molecular complexity index is 676. The fourth-order valence-electron chi connectivity index (χ4n) is 2.87. The van der Waals surface area contributed by atoms with E-state index in [1.807, 2.05) is 0 Å². The molecule has 140 valence electrons. The van der Waals surface area contributed by atoms with Crippen LogP contribution in [0.15, 0.2) is 17.5 Å². The van der Waals surface area contributed by atoms with E-state index in [2.05, 4.69) is 46.4 Å². The van der Waals surface area contributed by atoms with Gasteiger partial charge >= 0.3 is 0 Å². The largest absolute Gasteiger partial charge is 0.377 e. The van der Waals surface area contributed by atoms with E-state index in [0.29, 0.717) is 18.6 Å². The first kappa shape index (κ1) is 22.1. The molecule has 0 spiro atoms. The fourth-order valence-corrected chi connectivity index (χ4v) is 3.83. The number of nitrogens with two attached hydrogens (primary N) is 1. The predicted octanol–water partition coefficient (Wildman–Crippen LogP) is 3.68. The second kappa shape index (κ2) is 9.69. The lowest BCUT2D eigenvalue weighted by Crippen LogP contribution is -2.35. The number of hydrogen-bond acceptors (Lipinski definition) is 6. The molecule has 0 radical (unpaired) electrons. The zero-order chi connectivity index (χ0) is 16.4. The highest BCUT2D eigenvalue weighted by Crippen LogP contribution is 2.35. The molecule has 0 saturated heterocycles. The summed E-state index contributed by atoms with van der Waals surface area (Å²) in [6.07, 6.45) is 2.02. The first-order valence-corrected chi connectivity index (χ1v) is 8.81. The standard InChI is InChI=1S/C17H24N4OS.2ClH/c1-11-4-5-23-15(11)9-21(2)17-8-14(12-6-13(18)7-12)19-16(20-17)10-22-3;;/h4-5,8,12-13H,6-7,9-10,18H2,1-3H3;2*1H. The van der Waals surface area contributed by atoms with Gasteiger partial charge in [0, 0.05) is 42.8 Å². The molecule has 0 aliphatic heterocycles. The lowest BCUT2D eigenvalue weighted by molar-refractivity contribution is 0.177. The number of thiophene rings is 1. The van der Waals surface area contributed by atoms with Crippen LogP contribution in [-0.4, -0.2) is 30.2 Å². The van der Waals surface area contributed by atoms with Gasteiger partial charge in [-0.2, -0.15) is 0 Å². The van der Waals surface area contributed by atoms with E-state index in [0.717, 1.165) is 36.7 Å². The Morgan fingerprint density at radius 1 is 1.32 bits per heavy atom. The van der Waals surface area contributed by atoms with Crippen LogP contribution in [0, 0.1) is 6.92 Å². The van der Waals surface area contributed by atoms with Gasteiger partial charge in [0.05, 0.1) is 6.54 Å². The lowest BCUT2D eigenvalue weighted by atomic mass is 9.78. The third kappa shape index (κ3) is 5.28. The zero-order valence-electron chi connectivity index (χ0n) is 14.8. The molecule has 1 aliphatic carbocycles. The molecule has 8 heteroatoms. The highest BCUT2D eigenvalue weighted by Gasteiger charge is 2.29. The van der Waals surface area contributed by atoms with Gasteiger partial charge < -0.3 is 15.4 Å². The molecule has 0 bridgehead atoms. The first-order chi connectivity index (χ1) is 11.1. The number of aryl methyl sites for hydroxylation is 1. The van der Waals surface area contributed by atoms with Gasteiger partial charge in [-0.3, -0.25) is 0 Å². The highest BCUT2D eigenvalue weighted by atomic mass is 35.5. The molecule has 1 fully saturated rings. The number of halogens is 2. The summed E-state index contributed by atoms with van der Waals surface area (Å²) < 4.78 is 5.23. The van der Waals surface area contributed by atoms with Gasteiger partial charge in [0.1, 0.15) is 12.4 Å². The van der Waals surface area contributed by atoms with Crippen molar-refractivity contribution >= 4 is 42.0 Å². The van der Waals surface area contributed by atoms with Crippen LogP contribution < -0.4 is 10.6 Å². The molecule has 1 aliphatic rings. The minimum Gasteiger partial charge on any atom is -0.377 e. The van der Waals surface area contributed by atoms with Crippen LogP contribution in [0.4, 0.5) is 5.82 Å². The Morgan fingerprint density at radius 3 is 2.60 bits per heavy atom. The molecule has 1 saturated carbocycles. The Kier molecular flexibility index (Phi) is 8.57. The third-order valence-corrected chi connectivity index (χ3v) is 5.39. The van der Waals surface area contributed by atoms with E-state index < -0.39 is 0 Å². The Morgan fingerprint density at radius 2 is 2.04 bits per heavy atom. The van der Waals surface area contributed by atoms with Crippen LogP contribution >= 0.6 is 36.2 Å². The van der Waals surface area contributed by atoms with Crippen LogP contribution in [0.25, 0.3) is 0 Å². The number of aromatic nitrogens is 2. The van der Waals surface area contributed by atoms with E-state index in [9.17, 15) is 0 Å². The third-order valence-electron chi connectivity index (χ3n) is 4.39. The number of hydrogen-bond donors (Lipinski definition) is 1. The normalized spacial score (nSPS) is 18.7. The van der Waals surface area contributed by atoms with Crippen LogP contribution in [0.3, 0.4) is 0 Å². The van der Waals surface area contributed by atoms with Crippen molar-refractivity contribution < 1.29 is 4.74 Å². The molecule has 3 rings (SSSR count). The smallest absolute Gasteiger partial charge is 0.156 e. The van der Waals surface area contributed by atoms with Gasteiger partial charge in [0.15, 0.2) is 5.82 Å². The van der Waals surface area contributed by atoms with E-state index in [-0.39, 0.29) is 24.8 Å². The molecule has 5 nitrogen and oxygen atoms in total. The summed E-state index contributed by atoms with van der Waals surface area (Å²) in [7, 11) is 3.75. The summed E-state index contributed by atoms with van der Waals surface area (Å²) >= 11 is 1.79. The maximum atomic E-state index is 5.93. The van der Waals surface area contributed by atoms with Crippen LogP contribution in [0.2, 0.25) is 0 Å². The van der Waals surface area contributed by atoms with Gasteiger partial charge in [0.25, 0.3) is 0 Å². The van der Waals surface area contributed by atoms with Gasteiger partial charge in [-0.15, -0.1) is 36.2 Å². The van der Waals surface area contributed by atoms with Gasteiger partial charge in [-0.25, -0.2) is 9.97 Å². The first-order valence-electron chi connectivity index (χ1n) is 7.93. The number of rotatable bonds is 6. The van der Waals surface area contributed by atoms with Crippen molar-refractivity contribution in [2.24, 2.45) is 5.73 Å². The second-order valence-corrected chi connectivity index (χ2v) is 7.31. The summed E-state index contributed by atoms with van der Waals surface area (Å²) in [6.45, 7) is 3.44. The molecule has 25 heavy (non-hydrogen) atoms. The Hall–Kier alpha value is -0.920. The van der Waals surface area contributed by atoms with Gasteiger partial charge in [0.2, 0.25) is 0 Å². The minimum atomic E-state index is 0. The van der Waals surface area contributed by atoms with E-state index >= 15 is 0 Å². The van der Waals surface area contributed by atoms with Gasteiger partial charge in [-0.05, 0) is 36.8 Å². The van der Waals surface area contributed by atoms with Crippen molar-refractivity contribution in [1.82, 2.24) is 9.97 Å². The molecule has 0 aromatic carbocycles. The predicted molar refractivity (Wildman–Crippen MR) is 108 cm³/mol. The van der Waals surface area contributed by atoms with Crippen molar-refractivity contribution in [1.29, 1.82) is 0 Å². The zero-order valence-corrected chi connectivity index (χ0v) is 17.2. The summed E-state index contributed by atoms with van der Waals surface area (Å²) in [4.78, 5) is 12.9. The van der Waals surface area contributed by atoms with Crippen molar-refractivity contribution in [2.45, 2.75) is 44.9 Å².